The van der Waals surface area contributed by atoms with Crippen LogP contribution in [0.25, 0.3) is 12.2 Å². The van der Waals surface area contributed by atoms with E-state index in [1.807, 2.05) is 30.4 Å². The highest BCUT2D eigenvalue weighted by Crippen LogP contribution is 2.37. The number of carboxylic acids is 1. The molecule has 5 rings (SSSR count). The number of carboxylic acid groups (broad SMARTS) is 1. The first-order valence-electron chi connectivity index (χ1n) is 11.5. The maximum absolute atomic E-state index is 13.0. The molecule has 1 amide bonds. The van der Waals surface area contributed by atoms with Crippen LogP contribution in [0.2, 0.25) is 0 Å². The van der Waals surface area contributed by atoms with E-state index in [1.165, 1.54) is 34.7 Å². The Bertz CT molecular complexity index is 1360. The highest BCUT2D eigenvalue weighted by Gasteiger charge is 2.32. The van der Waals surface area contributed by atoms with Gasteiger partial charge >= 0.3 is 12.3 Å². The van der Waals surface area contributed by atoms with Gasteiger partial charge in [-0.2, -0.15) is 0 Å². The van der Waals surface area contributed by atoms with E-state index in [4.69, 9.17) is 5.11 Å². The standard InChI is InChI=1S/C28H22F3NO4/c29-28(30,31)36-22-11-9-21(10-12-22)32-16-25-18(2-1-3-24(25)27(32)35)6-4-17-5-13-23-19(14-17)7-8-20(23)15-26(33)34/h1-6,9-14,20H,7-8,15-16H2,(H,33,34)/b6-4+. The van der Waals surface area contributed by atoms with Crippen molar-refractivity contribution in [1.29, 1.82) is 0 Å². The van der Waals surface area contributed by atoms with Crippen LogP contribution in [0.5, 0.6) is 5.75 Å². The smallest absolute Gasteiger partial charge is 0.481 e. The molecule has 0 bridgehead atoms. The summed E-state index contributed by atoms with van der Waals surface area (Å²) in [5.41, 5.74) is 6.02. The quantitative estimate of drug-likeness (QED) is 0.403. The lowest BCUT2D eigenvalue weighted by atomic mass is 9.96. The molecule has 1 heterocycles. The van der Waals surface area contributed by atoms with Crippen LogP contribution in [0, 0.1) is 0 Å². The van der Waals surface area contributed by atoms with Crippen molar-refractivity contribution in [2.45, 2.75) is 38.1 Å². The van der Waals surface area contributed by atoms with E-state index in [1.54, 1.807) is 12.1 Å². The summed E-state index contributed by atoms with van der Waals surface area (Å²) >= 11 is 0. The van der Waals surface area contributed by atoms with Crippen LogP contribution in [0.15, 0.2) is 60.7 Å². The van der Waals surface area contributed by atoms with Gasteiger partial charge < -0.3 is 14.7 Å². The number of benzene rings is 3. The fourth-order valence-corrected chi connectivity index (χ4v) is 4.99. The summed E-state index contributed by atoms with van der Waals surface area (Å²) in [6.45, 7) is 0.301. The van der Waals surface area contributed by atoms with Crippen LogP contribution in [0.4, 0.5) is 18.9 Å². The molecular weight excluding hydrogens is 471 g/mol. The Labute approximate surface area is 205 Å². The number of halogens is 3. The van der Waals surface area contributed by atoms with E-state index >= 15 is 0 Å². The van der Waals surface area contributed by atoms with Gasteiger partial charge in [-0.05, 0) is 76.9 Å². The molecule has 0 saturated heterocycles. The number of anilines is 1. The molecule has 0 saturated carbocycles. The minimum absolute atomic E-state index is 0.0546. The fourth-order valence-electron chi connectivity index (χ4n) is 4.99. The summed E-state index contributed by atoms with van der Waals surface area (Å²) in [6.07, 6.45) is 0.967. The lowest BCUT2D eigenvalue weighted by Gasteiger charge is -2.16. The third kappa shape index (κ3) is 4.84. The highest BCUT2D eigenvalue weighted by molar-refractivity contribution is 6.10. The second kappa shape index (κ2) is 9.18. The molecule has 1 aliphatic carbocycles. The van der Waals surface area contributed by atoms with Gasteiger partial charge in [0.1, 0.15) is 5.75 Å². The molecule has 1 N–H and O–H groups in total. The second-order valence-corrected chi connectivity index (χ2v) is 8.93. The van der Waals surface area contributed by atoms with Gasteiger partial charge in [0.25, 0.3) is 5.91 Å². The van der Waals surface area contributed by atoms with Crippen molar-refractivity contribution in [1.82, 2.24) is 0 Å². The lowest BCUT2D eigenvalue weighted by Crippen LogP contribution is -2.23. The van der Waals surface area contributed by atoms with Crippen molar-refractivity contribution in [3.05, 3.63) is 94.0 Å². The molecule has 1 unspecified atom stereocenters. The predicted octanol–water partition coefficient (Wildman–Crippen LogP) is 6.42. The minimum atomic E-state index is -4.78. The molecule has 3 aromatic carbocycles. The molecule has 184 valence electrons. The van der Waals surface area contributed by atoms with E-state index in [0.717, 1.165) is 35.1 Å². The summed E-state index contributed by atoms with van der Waals surface area (Å²) in [4.78, 5) is 25.6. The number of nitrogens with zero attached hydrogens (tertiary/aromatic N) is 1. The molecule has 5 nitrogen and oxygen atoms in total. The molecule has 0 spiro atoms. The molecule has 1 atom stereocenters. The molecule has 2 aliphatic rings. The first-order valence-corrected chi connectivity index (χ1v) is 11.5. The molecular formula is C28H22F3NO4. The topological polar surface area (TPSA) is 66.8 Å². The van der Waals surface area contributed by atoms with Crippen LogP contribution < -0.4 is 9.64 Å². The van der Waals surface area contributed by atoms with E-state index in [2.05, 4.69) is 10.8 Å². The van der Waals surface area contributed by atoms with Crippen LogP contribution in [0.1, 0.15) is 56.9 Å². The molecule has 3 aromatic rings. The van der Waals surface area contributed by atoms with Gasteiger partial charge in [0.05, 0.1) is 13.0 Å². The largest absolute Gasteiger partial charge is 0.573 e. The summed E-state index contributed by atoms with van der Waals surface area (Å²) in [6, 6.07) is 16.8. The first kappa shape index (κ1) is 23.7. The minimum Gasteiger partial charge on any atom is -0.481 e. The van der Waals surface area contributed by atoms with Crippen molar-refractivity contribution < 1.29 is 32.6 Å². The van der Waals surface area contributed by atoms with E-state index < -0.39 is 12.3 Å². The van der Waals surface area contributed by atoms with Crippen molar-refractivity contribution in [3.63, 3.8) is 0 Å². The number of carbonyl (C=O) groups excluding carboxylic acids is 1. The molecule has 1 aliphatic heterocycles. The summed E-state index contributed by atoms with van der Waals surface area (Å²) < 4.78 is 41.2. The zero-order valence-corrected chi connectivity index (χ0v) is 19.1. The van der Waals surface area contributed by atoms with Gasteiger partial charge in [-0.25, -0.2) is 0 Å². The molecule has 0 aromatic heterocycles. The summed E-state index contributed by atoms with van der Waals surface area (Å²) in [7, 11) is 0. The SMILES string of the molecule is O=C(O)CC1CCc2cc(/C=C/c3cccc4c3CN(c3ccc(OC(F)(F)F)cc3)C4=O)ccc21. The third-order valence-corrected chi connectivity index (χ3v) is 6.63. The maximum atomic E-state index is 13.0. The second-order valence-electron chi connectivity index (χ2n) is 8.93. The average Bonchev–Trinajstić information content (AvgIpc) is 3.38. The number of amides is 1. The van der Waals surface area contributed by atoms with Crippen LogP contribution in [-0.2, 0) is 17.8 Å². The number of hydrogen-bond acceptors (Lipinski definition) is 3. The van der Waals surface area contributed by atoms with Crippen LogP contribution in [0.3, 0.4) is 0 Å². The maximum Gasteiger partial charge on any atom is 0.573 e. The van der Waals surface area contributed by atoms with Crippen LogP contribution in [-0.4, -0.2) is 23.3 Å². The van der Waals surface area contributed by atoms with E-state index in [0.29, 0.717) is 17.8 Å². The van der Waals surface area contributed by atoms with Gasteiger partial charge in [0.2, 0.25) is 0 Å². The van der Waals surface area contributed by atoms with Gasteiger partial charge in [-0.1, -0.05) is 42.5 Å². The van der Waals surface area contributed by atoms with Gasteiger partial charge in [0.15, 0.2) is 0 Å². The normalized spacial score (nSPS) is 16.9. The zero-order chi connectivity index (χ0) is 25.4. The van der Waals surface area contributed by atoms with Crippen molar-refractivity contribution in [2.24, 2.45) is 0 Å². The summed E-state index contributed by atoms with van der Waals surface area (Å²) in [5.74, 6) is -1.29. The van der Waals surface area contributed by atoms with Gasteiger partial charge in [-0.3, -0.25) is 9.59 Å². The molecule has 0 fully saturated rings. The Hall–Kier alpha value is -4.07. The van der Waals surface area contributed by atoms with Gasteiger partial charge in [0, 0.05) is 11.3 Å². The van der Waals surface area contributed by atoms with E-state index in [-0.39, 0.29) is 24.0 Å². The van der Waals surface area contributed by atoms with Crippen LogP contribution >= 0.6 is 0 Å². The third-order valence-electron chi connectivity index (χ3n) is 6.63. The summed E-state index contributed by atoms with van der Waals surface area (Å²) in [5, 5.41) is 9.12. The van der Waals surface area contributed by atoms with E-state index in [9.17, 15) is 22.8 Å². The Balaban J connectivity index is 1.34. The Kier molecular flexibility index (Phi) is 6.04. The van der Waals surface area contributed by atoms with Crippen molar-refractivity contribution in [3.8, 4) is 5.75 Å². The number of ether oxygens (including phenoxy) is 1. The molecule has 0 radical (unpaired) electrons. The van der Waals surface area contributed by atoms with Crippen molar-refractivity contribution >= 4 is 29.7 Å². The fraction of sp³-hybridized carbons (Fsp3) is 0.214. The number of aryl methyl sites for hydroxylation is 1. The number of rotatable bonds is 6. The predicted molar refractivity (Wildman–Crippen MR) is 129 cm³/mol. The average molecular weight is 493 g/mol. The monoisotopic (exact) mass is 493 g/mol. The van der Waals surface area contributed by atoms with Crippen molar-refractivity contribution in [2.75, 3.05) is 4.90 Å². The number of hydrogen-bond donors (Lipinski definition) is 1. The lowest BCUT2D eigenvalue weighted by molar-refractivity contribution is -0.274. The number of aliphatic carboxylic acids is 1. The molecule has 36 heavy (non-hydrogen) atoms. The number of alkyl halides is 3. The Morgan fingerprint density at radius 3 is 2.58 bits per heavy atom. The Morgan fingerprint density at radius 2 is 1.86 bits per heavy atom. The van der Waals surface area contributed by atoms with Gasteiger partial charge in [-0.15, -0.1) is 13.2 Å². The molecule has 8 heteroatoms. The number of carbonyl (C=O) groups is 2. The number of fused-ring (bicyclic) bond motifs is 2. The zero-order valence-electron chi connectivity index (χ0n) is 19.1. The highest BCUT2D eigenvalue weighted by atomic mass is 19.4. The Morgan fingerprint density at radius 1 is 1.08 bits per heavy atom. The first-order chi connectivity index (χ1) is 17.2.